The molecule has 21 heavy (non-hydrogen) atoms. The zero-order chi connectivity index (χ0) is 15.2. The van der Waals surface area contributed by atoms with Gasteiger partial charge < -0.3 is 10.1 Å². The summed E-state index contributed by atoms with van der Waals surface area (Å²) in [5.74, 6) is 0.451. The van der Waals surface area contributed by atoms with Gasteiger partial charge in [-0.05, 0) is 19.0 Å². The lowest BCUT2D eigenvalue weighted by Gasteiger charge is -2.21. The Kier molecular flexibility index (Phi) is 5.33. The Hall–Kier alpha value is -1.88. The number of nitrogens with one attached hydrogen (secondary N) is 1. The first kappa shape index (κ1) is 15.5. The molecule has 2 rings (SSSR count). The van der Waals surface area contributed by atoms with Gasteiger partial charge in [-0.15, -0.1) is 0 Å². The monoisotopic (exact) mass is 291 g/mol. The molecule has 0 aliphatic carbocycles. The van der Waals surface area contributed by atoms with Gasteiger partial charge in [-0.1, -0.05) is 32.0 Å². The fourth-order valence-corrected chi connectivity index (χ4v) is 2.48. The maximum atomic E-state index is 14.2. The van der Waals surface area contributed by atoms with Crippen LogP contribution in [0.5, 0.6) is 5.75 Å². The predicted octanol–water partition coefficient (Wildman–Crippen LogP) is 3.14. The number of ether oxygens (including phenoxy) is 1. The summed E-state index contributed by atoms with van der Waals surface area (Å²) in [5, 5.41) is 7.70. The standard InChI is InChI=1S/C16H22FN3O/c1-4-10-20-16(14(21-3)11-19-20)15(18-5-2)12-8-6-7-9-13(12)17/h6-9,11,15,18H,4-5,10H2,1-3H3. The molecule has 0 saturated heterocycles. The Labute approximate surface area is 124 Å². The Bertz CT molecular complexity index is 583. The molecule has 1 atom stereocenters. The highest BCUT2D eigenvalue weighted by molar-refractivity contribution is 5.37. The SMILES string of the molecule is CCCn1ncc(OC)c1C(NCC)c1ccccc1F. The van der Waals surface area contributed by atoms with Gasteiger partial charge in [0.2, 0.25) is 0 Å². The Balaban J connectivity index is 2.52. The first-order chi connectivity index (χ1) is 10.2. The molecule has 1 unspecified atom stereocenters. The van der Waals surface area contributed by atoms with Crippen molar-refractivity contribution in [1.82, 2.24) is 15.1 Å². The van der Waals surface area contributed by atoms with E-state index in [1.807, 2.05) is 17.7 Å². The molecule has 0 saturated carbocycles. The smallest absolute Gasteiger partial charge is 0.161 e. The van der Waals surface area contributed by atoms with Gasteiger partial charge >= 0.3 is 0 Å². The van der Waals surface area contributed by atoms with Crippen LogP contribution >= 0.6 is 0 Å². The quantitative estimate of drug-likeness (QED) is 0.852. The third kappa shape index (κ3) is 3.24. The van der Waals surface area contributed by atoms with E-state index in [0.717, 1.165) is 25.2 Å². The van der Waals surface area contributed by atoms with Gasteiger partial charge in [0.25, 0.3) is 0 Å². The number of aryl methyl sites for hydroxylation is 1. The number of aromatic nitrogens is 2. The third-order valence-electron chi connectivity index (χ3n) is 3.40. The predicted molar refractivity (Wildman–Crippen MR) is 81.0 cm³/mol. The number of hydrogen-bond acceptors (Lipinski definition) is 3. The van der Waals surface area contributed by atoms with Crippen molar-refractivity contribution in [2.45, 2.75) is 32.9 Å². The highest BCUT2D eigenvalue weighted by Crippen LogP contribution is 2.31. The number of methoxy groups -OCH3 is 1. The van der Waals surface area contributed by atoms with Crippen molar-refractivity contribution in [3.8, 4) is 5.75 Å². The van der Waals surface area contributed by atoms with Gasteiger partial charge in [-0.2, -0.15) is 5.10 Å². The van der Waals surface area contributed by atoms with Gasteiger partial charge in [0, 0.05) is 12.1 Å². The van der Waals surface area contributed by atoms with Crippen molar-refractivity contribution in [1.29, 1.82) is 0 Å². The van der Waals surface area contributed by atoms with Gasteiger partial charge in [-0.3, -0.25) is 4.68 Å². The van der Waals surface area contributed by atoms with Crippen LogP contribution in [0.1, 0.15) is 37.6 Å². The summed E-state index contributed by atoms with van der Waals surface area (Å²) < 4.78 is 21.5. The number of halogens is 1. The van der Waals surface area contributed by atoms with Crippen LogP contribution < -0.4 is 10.1 Å². The molecule has 0 amide bonds. The minimum absolute atomic E-state index is 0.227. The number of nitrogens with zero attached hydrogens (tertiary/aromatic N) is 2. The lowest BCUT2D eigenvalue weighted by molar-refractivity contribution is 0.397. The van der Waals surface area contributed by atoms with E-state index in [0.29, 0.717) is 11.3 Å². The first-order valence-corrected chi connectivity index (χ1v) is 7.30. The summed E-state index contributed by atoms with van der Waals surface area (Å²) in [4.78, 5) is 0. The van der Waals surface area contributed by atoms with Crippen LogP contribution in [0, 0.1) is 5.82 Å². The van der Waals surface area contributed by atoms with Gasteiger partial charge in [-0.25, -0.2) is 4.39 Å². The summed E-state index contributed by atoms with van der Waals surface area (Å²) >= 11 is 0. The molecular formula is C16H22FN3O. The average Bonchev–Trinajstić information content (AvgIpc) is 2.89. The molecule has 0 bridgehead atoms. The third-order valence-corrected chi connectivity index (χ3v) is 3.40. The summed E-state index contributed by atoms with van der Waals surface area (Å²) in [6.45, 7) is 5.58. The number of rotatable bonds is 7. The molecule has 0 fully saturated rings. The van der Waals surface area contributed by atoms with Gasteiger partial charge in [0.15, 0.2) is 5.75 Å². The number of hydrogen-bond donors (Lipinski definition) is 1. The summed E-state index contributed by atoms with van der Waals surface area (Å²) in [6, 6.07) is 6.54. The minimum atomic E-state index is -0.278. The Morgan fingerprint density at radius 3 is 2.71 bits per heavy atom. The van der Waals surface area contributed by atoms with Crippen LogP contribution in [-0.2, 0) is 6.54 Å². The van der Waals surface area contributed by atoms with E-state index < -0.39 is 0 Å². The maximum Gasteiger partial charge on any atom is 0.161 e. The Morgan fingerprint density at radius 2 is 2.10 bits per heavy atom. The highest BCUT2D eigenvalue weighted by Gasteiger charge is 2.24. The van der Waals surface area contributed by atoms with Crippen LogP contribution in [0.25, 0.3) is 0 Å². The van der Waals surface area contributed by atoms with Gasteiger partial charge in [0.1, 0.15) is 11.5 Å². The van der Waals surface area contributed by atoms with Crippen molar-refractivity contribution in [3.63, 3.8) is 0 Å². The molecule has 0 aliphatic heterocycles. The lowest BCUT2D eigenvalue weighted by atomic mass is 10.0. The van der Waals surface area contributed by atoms with E-state index in [9.17, 15) is 4.39 Å². The van der Waals surface area contributed by atoms with Crippen LogP contribution in [0.4, 0.5) is 4.39 Å². The molecule has 0 radical (unpaired) electrons. The molecule has 1 N–H and O–H groups in total. The second-order valence-electron chi connectivity index (χ2n) is 4.83. The number of benzene rings is 1. The topological polar surface area (TPSA) is 39.1 Å². The molecule has 1 aromatic heterocycles. The van der Waals surface area contributed by atoms with Crippen LogP contribution in [0.3, 0.4) is 0 Å². The second kappa shape index (κ2) is 7.22. The highest BCUT2D eigenvalue weighted by atomic mass is 19.1. The lowest BCUT2D eigenvalue weighted by Crippen LogP contribution is -2.26. The molecule has 4 nitrogen and oxygen atoms in total. The molecule has 114 valence electrons. The molecule has 5 heteroatoms. The fourth-order valence-electron chi connectivity index (χ4n) is 2.48. The van der Waals surface area contributed by atoms with Crippen LogP contribution in [0.15, 0.2) is 30.5 Å². The second-order valence-corrected chi connectivity index (χ2v) is 4.83. The normalized spacial score (nSPS) is 12.4. The van der Waals surface area contributed by atoms with Crippen LogP contribution in [-0.4, -0.2) is 23.4 Å². The molecule has 1 aromatic carbocycles. The molecule has 2 aromatic rings. The van der Waals surface area contributed by atoms with Crippen molar-refractivity contribution in [3.05, 3.63) is 47.5 Å². The van der Waals surface area contributed by atoms with Crippen molar-refractivity contribution < 1.29 is 9.13 Å². The van der Waals surface area contributed by atoms with E-state index in [-0.39, 0.29) is 11.9 Å². The summed E-state index contributed by atoms with van der Waals surface area (Å²) in [5.41, 5.74) is 1.47. The molecule has 1 heterocycles. The molecule has 0 aliphatic rings. The molecular weight excluding hydrogens is 269 g/mol. The zero-order valence-corrected chi connectivity index (χ0v) is 12.8. The summed E-state index contributed by atoms with van der Waals surface area (Å²) in [7, 11) is 1.61. The van der Waals surface area contributed by atoms with Crippen molar-refractivity contribution in [2.24, 2.45) is 0 Å². The van der Waals surface area contributed by atoms with E-state index >= 15 is 0 Å². The zero-order valence-electron chi connectivity index (χ0n) is 12.8. The van der Waals surface area contributed by atoms with Crippen molar-refractivity contribution >= 4 is 0 Å². The largest absolute Gasteiger partial charge is 0.493 e. The molecule has 0 spiro atoms. The van der Waals surface area contributed by atoms with E-state index in [1.54, 1.807) is 25.4 Å². The first-order valence-electron chi connectivity index (χ1n) is 7.30. The maximum absolute atomic E-state index is 14.2. The van der Waals surface area contributed by atoms with Crippen LogP contribution in [0.2, 0.25) is 0 Å². The van der Waals surface area contributed by atoms with E-state index in [4.69, 9.17) is 4.74 Å². The summed E-state index contributed by atoms with van der Waals surface area (Å²) in [6.07, 6.45) is 2.64. The van der Waals surface area contributed by atoms with Crippen molar-refractivity contribution in [2.75, 3.05) is 13.7 Å². The van der Waals surface area contributed by atoms with Gasteiger partial charge in [0.05, 0.1) is 19.3 Å². The fraction of sp³-hybridized carbons (Fsp3) is 0.438. The van der Waals surface area contributed by atoms with E-state index in [1.165, 1.54) is 6.07 Å². The van der Waals surface area contributed by atoms with E-state index in [2.05, 4.69) is 17.3 Å². The minimum Gasteiger partial charge on any atom is -0.493 e. The Morgan fingerprint density at radius 1 is 1.33 bits per heavy atom. The average molecular weight is 291 g/mol.